The number of ether oxygens (including phenoxy) is 1. The molecule has 18 heavy (non-hydrogen) atoms. The summed E-state index contributed by atoms with van der Waals surface area (Å²) in [5.74, 6) is -0.890. The standard InChI is InChI=1S/C12H20N2O4/c15-10(9-1-4-13-7-9)14-8-12(11(16)17)2-5-18-6-3-12/h9,13H,1-8H2,(H,14,15)(H,16,17). The Kier molecular flexibility index (Phi) is 4.19. The van der Waals surface area contributed by atoms with E-state index in [4.69, 9.17) is 4.74 Å². The highest BCUT2D eigenvalue weighted by atomic mass is 16.5. The number of carboxylic acid groups (broad SMARTS) is 1. The SMILES string of the molecule is O=C(NCC1(C(=O)O)CCOCC1)C1CCNC1. The molecule has 0 aliphatic carbocycles. The third-order valence-electron chi connectivity index (χ3n) is 3.94. The van der Waals surface area contributed by atoms with Gasteiger partial charge in [-0.05, 0) is 25.8 Å². The maximum atomic E-state index is 11.9. The van der Waals surface area contributed by atoms with Gasteiger partial charge in [0.1, 0.15) is 0 Å². The molecule has 0 radical (unpaired) electrons. The van der Waals surface area contributed by atoms with Gasteiger partial charge in [0.2, 0.25) is 5.91 Å². The lowest BCUT2D eigenvalue weighted by molar-refractivity contribution is -0.154. The van der Waals surface area contributed by atoms with Gasteiger partial charge < -0.3 is 20.5 Å². The summed E-state index contributed by atoms with van der Waals surface area (Å²) in [4.78, 5) is 23.3. The second-order valence-corrected chi connectivity index (χ2v) is 5.11. The first kappa shape index (κ1) is 13.3. The molecule has 0 spiro atoms. The van der Waals surface area contributed by atoms with E-state index in [1.807, 2.05) is 0 Å². The first-order chi connectivity index (χ1) is 8.64. The number of carbonyl (C=O) groups is 2. The number of aliphatic carboxylic acids is 1. The predicted octanol–water partition coefficient (Wildman–Crippen LogP) is -0.406. The van der Waals surface area contributed by atoms with Gasteiger partial charge in [0.05, 0.1) is 11.3 Å². The van der Waals surface area contributed by atoms with E-state index in [0.29, 0.717) is 32.6 Å². The highest BCUT2D eigenvalue weighted by Gasteiger charge is 2.40. The van der Waals surface area contributed by atoms with Gasteiger partial charge in [0.25, 0.3) is 0 Å². The zero-order valence-corrected chi connectivity index (χ0v) is 10.4. The molecule has 1 atom stereocenters. The van der Waals surface area contributed by atoms with Crippen molar-refractivity contribution in [3.8, 4) is 0 Å². The Hall–Kier alpha value is -1.14. The second-order valence-electron chi connectivity index (χ2n) is 5.11. The number of carbonyl (C=O) groups excluding carboxylic acids is 1. The normalized spacial score (nSPS) is 26.8. The number of nitrogens with one attached hydrogen (secondary N) is 2. The lowest BCUT2D eigenvalue weighted by atomic mass is 9.80. The van der Waals surface area contributed by atoms with E-state index < -0.39 is 11.4 Å². The lowest BCUT2D eigenvalue weighted by Gasteiger charge is -2.33. The maximum absolute atomic E-state index is 11.9. The van der Waals surface area contributed by atoms with Crippen molar-refractivity contribution in [2.45, 2.75) is 19.3 Å². The Bertz CT molecular complexity index is 320. The van der Waals surface area contributed by atoms with Crippen molar-refractivity contribution in [3.63, 3.8) is 0 Å². The van der Waals surface area contributed by atoms with Crippen molar-refractivity contribution in [1.82, 2.24) is 10.6 Å². The van der Waals surface area contributed by atoms with Crippen LogP contribution in [0, 0.1) is 11.3 Å². The smallest absolute Gasteiger partial charge is 0.311 e. The molecule has 2 fully saturated rings. The minimum absolute atomic E-state index is 0.0179. The molecule has 102 valence electrons. The molecular formula is C12H20N2O4. The second kappa shape index (κ2) is 5.67. The van der Waals surface area contributed by atoms with Crippen LogP contribution in [-0.4, -0.2) is 49.8 Å². The summed E-state index contributed by atoms with van der Waals surface area (Å²) in [6.07, 6.45) is 1.76. The lowest BCUT2D eigenvalue weighted by Crippen LogP contribution is -2.47. The summed E-state index contributed by atoms with van der Waals surface area (Å²) < 4.78 is 5.20. The zero-order chi connectivity index (χ0) is 13.0. The van der Waals surface area contributed by atoms with Gasteiger partial charge in [-0.2, -0.15) is 0 Å². The van der Waals surface area contributed by atoms with Crippen molar-refractivity contribution in [3.05, 3.63) is 0 Å². The molecule has 1 unspecified atom stereocenters. The number of carboxylic acids is 1. The molecule has 2 saturated heterocycles. The summed E-state index contributed by atoms with van der Waals surface area (Å²) in [6, 6.07) is 0. The molecule has 6 heteroatoms. The van der Waals surface area contributed by atoms with Crippen LogP contribution in [-0.2, 0) is 14.3 Å². The number of hydrogen-bond acceptors (Lipinski definition) is 4. The van der Waals surface area contributed by atoms with Crippen LogP contribution in [0.4, 0.5) is 0 Å². The Balaban J connectivity index is 1.89. The summed E-state index contributed by atoms with van der Waals surface area (Å²) in [6.45, 7) is 2.66. The minimum Gasteiger partial charge on any atom is -0.481 e. The molecule has 2 aliphatic rings. The predicted molar refractivity (Wildman–Crippen MR) is 64.1 cm³/mol. The highest BCUT2D eigenvalue weighted by Crippen LogP contribution is 2.30. The van der Waals surface area contributed by atoms with Crippen LogP contribution in [0.5, 0.6) is 0 Å². The third kappa shape index (κ3) is 2.81. The fourth-order valence-corrected chi connectivity index (χ4v) is 2.51. The van der Waals surface area contributed by atoms with Crippen LogP contribution in [0.15, 0.2) is 0 Å². The van der Waals surface area contributed by atoms with Crippen molar-refractivity contribution >= 4 is 11.9 Å². The van der Waals surface area contributed by atoms with Gasteiger partial charge in [-0.3, -0.25) is 9.59 Å². The summed E-state index contributed by atoms with van der Waals surface area (Å²) in [7, 11) is 0. The molecular weight excluding hydrogens is 236 g/mol. The van der Waals surface area contributed by atoms with Gasteiger partial charge in [0.15, 0.2) is 0 Å². The van der Waals surface area contributed by atoms with Gasteiger partial charge in [-0.25, -0.2) is 0 Å². The molecule has 1 amide bonds. The topological polar surface area (TPSA) is 87.7 Å². The molecule has 0 aromatic rings. The molecule has 0 aromatic heterocycles. The third-order valence-corrected chi connectivity index (χ3v) is 3.94. The van der Waals surface area contributed by atoms with Gasteiger partial charge in [-0.15, -0.1) is 0 Å². The molecule has 0 bridgehead atoms. The largest absolute Gasteiger partial charge is 0.481 e. The van der Waals surface area contributed by atoms with Crippen LogP contribution in [0.3, 0.4) is 0 Å². The van der Waals surface area contributed by atoms with Crippen molar-refractivity contribution in [2.75, 3.05) is 32.8 Å². The fourth-order valence-electron chi connectivity index (χ4n) is 2.51. The van der Waals surface area contributed by atoms with E-state index >= 15 is 0 Å². The highest BCUT2D eigenvalue weighted by molar-refractivity contribution is 5.81. The molecule has 2 aliphatic heterocycles. The van der Waals surface area contributed by atoms with Crippen molar-refractivity contribution in [2.24, 2.45) is 11.3 Å². The molecule has 0 aromatic carbocycles. The van der Waals surface area contributed by atoms with Crippen molar-refractivity contribution in [1.29, 1.82) is 0 Å². The quantitative estimate of drug-likeness (QED) is 0.636. The first-order valence-electron chi connectivity index (χ1n) is 6.44. The molecule has 6 nitrogen and oxygen atoms in total. The van der Waals surface area contributed by atoms with Crippen LogP contribution >= 0.6 is 0 Å². The molecule has 2 heterocycles. The monoisotopic (exact) mass is 256 g/mol. The minimum atomic E-state index is -0.847. The van der Waals surface area contributed by atoms with E-state index in [2.05, 4.69) is 10.6 Å². The van der Waals surface area contributed by atoms with Crippen LogP contribution in [0.1, 0.15) is 19.3 Å². The van der Waals surface area contributed by atoms with E-state index in [0.717, 1.165) is 13.0 Å². The fraction of sp³-hybridized carbons (Fsp3) is 0.833. The van der Waals surface area contributed by atoms with Crippen LogP contribution in [0.25, 0.3) is 0 Å². The Labute approximate surface area is 106 Å². The molecule has 0 saturated carbocycles. The number of hydrogen-bond donors (Lipinski definition) is 3. The average molecular weight is 256 g/mol. The van der Waals surface area contributed by atoms with Crippen molar-refractivity contribution < 1.29 is 19.4 Å². The summed E-state index contributed by atoms with van der Waals surface area (Å²) >= 11 is 0. The first-order valence-corrected chi connectivity index (χ1v) is 6.44. The zero-order valence-electron chi connectivity index (χ0n) is 10.4. The van der Waals surface area contributed by atoms with E-state index in [-0.39, 0.29) is 18.4 Å². The average Bonchev–Trinajstić information content (AvgIpc) is 2.91. The van der Waals surface area contributed by atoms with Gasteiger partial charge >= 0.3 is 5.97 Å². The maximum Gasteiger partial charge on any atom is 0.311 e. The summed E-state index contributed by atoms with van der Waals surface area (Å²) in [5, 5.41) is 15.3. The van der Waals surface area contributed by atoms with E-state index in [9.17, 15) is 14.7 Å². The molecule has 3 N–H and O–H groups in total. The van der Waals surface area contributed by atoms with Crippen LogP contribution < -0.4 is 10.6 Å². The number of rotatable bonds is 4. The Morgan fingerprint density at radius 3 is 2.67 bits per heavy atom. The van der Waals surface area contributed by atoms with Gasteiger partial charge in [0, 0.05) is 26.3 Å². The number of amides is 1. The Morgan fingerprint density at radius 1 is 1.39 bits per heavy atom. The summed E-state index contributed by atoms with van der Waals surface area (Å²) in [5.41, 5.74) is -0.847. The Morgan fingerprint density at radius 2 is 2.11 bits per heavy atom. The van der Waals surface area contributed by atoms with E-state index in [1.165, 1.54) is 0 Å². The van der Waals surface area contributed by atoms with E-state index in [1.54, 1.807) is 0 Å². The van der Waals surface area contributed by atoms with Gasteiger partial charge in [-0.1, -0.05) is 0 Å². The molecule has 2 rings (SSSR count). The van der Waals surface area contributed by atoms with Crippen LogP contribution in [0.2, 0.25) is 0 Å².